The van der Waals surface area contributed by atoms with E-state index >= 15 is 0 Å². The maximum atomic E-state index is 12.9. The Morgan fingerprint density at radius 3 is 2.25 bits per heavy atom. The minimum absolute atomic E-state index is 0.191. The molecule has 0 aliphatic rings. The molecule has 0 spiro atoms. The third-order valence-corrected chi connectivity index (χ3v) is 3.79. The second kappa shape index (κ2) is 6.55. The molecule has 0 aliphatic carbocycles. The normalized spacial score (nSPS) is 11.6. The number of rotatable bonds is 4. The van der Waals surface area contributed by atoms with Gasteiger partial charge in [-0.1, -0.05) is 26.0 Å². The van der Waals surface area contributed by atoms with Gasteiger partial charge in [0.25, 0.3) is 0 Å². The van der Waals surface area contributed by atoms with Gasteiger partial charge in [-0.15, -0.1) is 0 Å². The molecular formula is C18H18F3NO2. The smallest absolute Gasteiger partial charge is 0.416 e. The molecule has 0 saturated carbocycles. The van der Waals surface area contributed by atoms with Crippen LogP contribution in [0.1, 0.15) is 41.3 Å². The van der Waals surface area contributed by atoms with Gasteiger partial charge in [0, 0.05) is 11.1 Å². The van der Waals surface area contributed by atoms with Crippen molar-refractivity contribution >= 4 is 5.91 Å². The topological polar surface area (TPSA) is 52.3 Å². The molecule has 2 N–H and O–H groups in total. The van der Waals surface area contributed by atoms with Gasteiger partial charge in [0.1, 0.15) is 5.75 Å². The summed E-state index contributed by atoms with van der Waals surface area (Å²) in [6.07, 6.45) is -4.55. The molecule has 6 heteroatoms. The van der Waals surface area contributed by atoms with Crippen molar-refractivity contribution in [3.63, 3.8) is 0 Å². The zero-order valence-corrected chi connectivity index (χ0v) is 13.6. The van der Waals surface area contributed by atoms with Crippen LogP contribution in [0.3, 0.4) is 0 Å². The van der Waals surface area contributed by atoms with Crippen LogP contribution >= 0.6 is 0 Å². The Hall–Kier alpha value is -2.50. The van der Waals surface area contributed by atoms with Crippen LogP contribution in [0.25, 0.3) is 11.1 Å². The van der Waals surface area contributed by atoms with Crippen molar-refractivity contribution < 1.29 is 22.7 Å². The average molecular weight is 337 g/mol. The van der Waals surface area contributed by atoms with E-state index in [1.54, 1.807) is 12.1 Å². The van der Waals surface area contributed by atoms with Gasteiger partial charge >= 0.3 is 6.18 Å². The minimum atomic E-state index is -4.55. The molecule has 0 fully saturated rings. The molecule has 0 bridgehead atoms. The van der Waals surface area contributed by atoms with Gasteiger partial charge in [-0.05, 0) is 41.3 Å². The maximum Gasteiger partial charge on any atom is 0.416 e. The van der Waals surface area contributed by atoms with Gasteiger partial charge in [-0.2, -0.15) is 13.2 Å². The van der Waals surface area contributed by atoms with Crippen molar-refractivity contribution in [3.05, 3.63) is 53.1 Å². The van der Waals surface area contributed by atoms with Crippen LogP contribution in [0, 0.1) is 0 Å². The Kier molecular flexibility index (Phi) is 4.87. The third-order valence-electron chi connectivity index (χ3n) is 3.79. The molecule has 3 nitrogen and oxygen atoms in total. The van der Waals surface area contributed by atoms with Gasteiger partial charge in [-0.25, -0.2) is 0 Å². The summed E-state index contributed by atoms with van der Waals surface area (Å²) >= 11 is 0. The first-order valence-corrected chi connectivity index (χ1v) is 7.34. The summed E-state index contributed by atoms with van der Waals surface area (Å²) in [6, 6.07) is 8.37. The lowest BCUT2D eigenvalue weighted by Crippen LogP contribution is -2.15. The minimum Gasteiger partial charge on any atom is -0.496 e. The van der Waals surface area contributed by atoms with Crippen LogP contribution in [0.2, 0.25) is 0 Å². The molecule has 2 aromatic carbocycles. The number of methoxy groups -OCH3 is 1. The Morgan fingerprint density at radius 2 is 1.75 bits per heavy atom. The molecule has 0 radical (unpaired) electrons. The molecule has 128 valence electrons. The number of ether oxygens (including phenoxy) is 1. The van der Waals surface area contributed by atoms with E-state index in [0.29, 0.717) is 16.9 Å². The van der Waals surface area contributed by atoms with E-state index in [-0.39, 0.29) is 11.5 Å². The quantitative estimate of drug-likeness (QED) is 0.886. The van der Waals surface area contributed by atoms with Crippen LogP contribution in [-0.4, -0.2) is 13.0 Å². The van der Waals surface area contributed by atoms with Crippen LogP contribution in [-0.2, 0) is 6.18 Å². The highest BCUT2D eigenvalue weighted by Gasteiger charge is 2.32. The lowest BCUT2D eigenvalue weighted by molar-refractivity contribution is -0.137. The Bertz CT molecular complexity index is 767. The largest absolute Gasteiger partial charge is 0.496 e. The second-order valence-electron chi connectivity index (χ2n) is 5.74. The zero-order chi connectivity index (χ0) is 18.1. The molecule has 2 aromatic rings. The number of halogens is 3. The fraction of sp³-hybridized carbons (Fsp3) is 0.278. The van der Waals surface area contributed by atoms with E-state index in [1.165, 1.54) is 13.2 Å². The fourth-order valence-corrected chi connectivity index (χ4v) is 2.45. The highest BCUT2D eigenvalue weighted by molar-refractivity contribution is 6.00. The molecule has 2 rings (SSSR count). The molecule has 0 aliphatic heterocycles. The van der Waals surface area contributed by atoms with Gasteiger partial charge in [0.15, 0.2) is 0 Å². The maximum absolute atomic E-state index is 12.9. The molecule has 0 saturated heterocycles. The van der Waals surface area contributed by atoms with Gasteiger partial charge in [0.2, 0.25) is 5.91 Å². The number of nitrogens with two attached hydrogens (primary N) is 1. The first-order chi connectivity index (χ1) is 11.1. The lowest BCUT2D eigenvalue weighted by Gasteiger charge is -2.16. The van der Waals surface area contributed by atoms with E-state index in [9.17, 15) is 18.0 Å². The first-order valence-electron chi connectivity index (χ1n) is 7.34. The van der Waals surface area contributed by atoms with Crippen molar-refractivity contribution in [1.82, 2.24) is 0 Å². The van der Waals surface area contributed by atoms with E-state index < -0.39 is 17.6 Å². The Balaban J connectivity index is 2.72. The number of primary amides is 1. The molecule has 0 unspecified atom stereocenters. The van der Waals surface area contributed by atoms with Crippen LogP contribution < -0.4 is 10.5 Å². The highest BCUT2D eigenvalue weighted by atomic mass is 19.4. The van der Waals surface area contributed by atoms with Gasteiger partial charge in [-0.3, -0.25) is 4.79 Å². The van der Waals surface area contributed by atoms with Crippen molar-refractivity contribution in [1.29, 1.82) is 0 Å². The second-order valence-corrected chi connectivity index (χ2v) is 5.74. The third kappa shape index (κ3) is 3.53. The zero-order valence-electron chi connectivity index (χ0n) is 13.6. The SMILES string of the molecule is COc1ccc(C(C)C)cc1-c1ccc(C(F)(F)F)cc1C(N)=O. The Morgan fingerprint density at radius 1 is 1.08 bits per heavy atom. The number of hydrogen-bond donors (Lipinski definition) is 1. The van der Waals surface area contributed by atoms with Crippen molar-refractivity contribution in [2.45, 2.75) is 25.9 Å². The molecule has 0 atom stereocenters. The highest BCUT2D eigenvalue weighted by Crippen LogP contribution is 2.38. The van der Waals surface area contributed by atoms with Gasteiger partial charge < -0.3 is 10.5 Å². The number of hydrogen-bond acceptors (Lipinski definition) is 2. The predicted molar refractivity (Wildman–Crippen MR) is 86.0 cm³/mol. The number of alkyl halides is 3. The Labute approximate surface area is 138 Å². The predicted octanol–water partition coefficient (Wildman–Crippen LogP) is 4.60. The molecule has 0 heterocycles. The van der Waals surface area contributed by atoms with Crippen molar-refractivity contribution in [2.75, 3.05) is 7.11 Å². The van der Waals surface area contributed by atoms with Crippen LogP contribution in [0.15, 0.2) is 36.4 Å². The average Bonchev–Trinajstić information content (AvgIpc) is 2.52. The summed E-state index contributed by atoms with van der Waals surface area (Å²) < 4.78 is 44.0. The molecule has 1 amide bonds. The monoisotopic (exact) mass is 337 g/mol. The standard InChI is InChI=1S/C18H18F3NO2/c1-10(2)11-4-7-16(24-3)14(8-11)13-6-5-12(18(19,20)21)9-15(13)17(22)23/h4-10H,1-3H3,(H2,22,23). The summed E-state index contributed by atoms with van der Waals surface area (Å²) in [7, 11) is 1.46. The summed E-state index contributed by atoms with van der Waals surface area (Å²) in [6.45, 7) is 3.99. The van der Waals surface area contributed by atoms with Crippen molar-refractivity contribution in [3.8, 4) is 16.9 Å². The van der Waals surface area contributed by atoms with Crippen LogP contribution in [0.5, 0.6) is 5.75 Å². The molecule has 24 heavy (non-hydrogen) atoms. The first kappa shape index (κ1) is 17.8. The van der Waals surface area contributed by atoms with E-state index in [1.807, 2.05) is 19.9 Å². The van der Waals surface area contributed by atoms with Crippen LogP contribution in [0.4, 0.5) is 13.2 Å². The van der Waals surface area contributed by atoms with E-state index in [2.05, 4.69) is 0 Å². The molecular weight excluding hydrogens is 319 g/mol. The summed E-state index contributed by atoms with van der Waals surface area (Å²) in [5, 5.41) is 0. The lowest BCUT2D eigenvalue weighted by atomic mass is 9.92. The van der Waals surface area contributed by atoms with E-state index in [0.717, 1.165) is 17.7 Å². The number of carbonyl (C=O) groups excluding carboxylic acids is 1. The summed E-state index contributed by atoms with van der Waals surface area (Å²) in [4.78, 5) is 11.7. The summed E-state index contributed by atoms with van der Waals surface area (Å²) in [5.74, 6) is -0.254. The number of benzene rings is 2. The summed E-state index contributed by atoms with van der Waals surface area (Å²) in [5.41, 5.74) is 6.02. The number of amides is 1. The number of carbonyl (C=O) groups is 1. The van der Waals surface area contributed by atoms with Crippen molar-refractivity contribution in [2.24, 2.45) is 5.73 Å². The fourth-order valence-electron chi connectivity index (χ4n) is 2.45. The molecule has 0 aromatic heterocycles. The van der Waals surface area contributed by atoms with E-state index in [4.69, 9.17) is 10.5 Å². The van der Waals surface area contributed by atoms with Gasteiger partial charge in [0.05, 0.1) is 12.7 Å².